The van der Waals surface area contributed by atoms with Crippen molar-refractivity contribution in [2.24, 2.45) is 0 Å². The van der Waals surface area contributed by atoms with Gasteiger partial charge in [0.15, 0.2) is 0 Å². The van der Waals surface area contributed by atoms with E-state index in [0.29, 0.717) is 26.1 Å². The van der Waals surface area contributed by atoms with Crippen LogP contribution in [0.1, 0.15) is 38.5 Å². The van der Waals surface area contributed by atoms with Crippen molar-refractivity contribution in [2.75, 3.05) is 25.3 Å². The fraction of sp³-hybridized carbons (Fsp3) is 0.833. The zero-order valence-electron chi connectivity index (χ0n) is 12.0. The van der Waals surface area contributed by atoms with Crippen LogP contribution in [0.2, 0.25) is 0 Å². The summed E-state index contributed by atoms with van der Waals surface area (Å²) in [5.41, 5.74) is 0. The average Bonchev–Trinajstić information content (AvgIpc) is 2.38. The van der Waals surface area contributed by atoms with Crippen LogP contribution in [0, 0.1) is 0 Å². The number of alkyl halides is 2. The summed E-state index contributed by atoms with van der Waals surface area (Å²) in [7, 11) is 0. The number of carbonyl (C=O) groups is 2. The third-order valence-electron chi connectivity index (χ3n) is 1.99. The van der Waals surface area contributed by atoms with Crippen LogP contribution in [-0.4, -0.2) is 37.3 Å². The maximum absolute atomic E-state index is 9.85. The second kappa shape index (κ2) is 22.7. The van der Waals surface area contributed by atoms with E-state index >= 15 is 0 Å². The van der Waals surface area contributed by atoms with Crippen LogP contribution in [-0.2, 0) is 46.7 Å². The summed E-state index contributed by atoms with van der Waals surface area (Å²) in [5.74, 6) is -2.02. The number of hydrogen-bond acceptors (Lipinski definition) is 6. The van der Waals surface area contributed by atoms with Crippen LogP contribution in [0.5, 0.6) is 0 Å². The quantitative estimate of drug-likeness (QED) is 0.203. The van der Waals surface area contributed by atoms with E-state index in [-0.39, 0.29) is 52.6 Å². The molecule has 0 aliphatic heterocycles. The van der Waals surface area contributed by atoms with Crippen molar-refractivity contribution in [3.8, 4) is 0 Å². The van der Waals surface area contributed by atoms with Gasteiger partial charge in [-0.15, -0.1) is 0 Å². The Morgan fingerprint density at radius 2 is 1.10 bits per heavy atom. The van der Waals surface area contributed by atoms with Gasteiger partial charge in [0.05, 0.1) is 0 Å². The van der Waals surface area contributed by atoms with E-state index < -0.39 is 11.9 Å². The molecular formula is C12H20Cl2HgO6. The molecule has 0 aromatic heterocycles. The van der Waals surface area contributed by atoms with Gasteiger partial charge in [-0.1, -0.05) is 23.2 Å². The van der Waals surface area contributed by atoms with Crippen LogP contribution in [0.25, 0.3) is 0 Å². The Bertz CT molecular complexity index is 220. The largest absolute Gasteiger partial charge is 2.00 e. The summed E-state index contributed by atoms with van der Waals surface area (Å²) in [4.78, 5) is 19.7. The fourth-order valence-corrected chi connectivity index (χ4v) is 1.27. The molecule has 0 aromatic rings. The first kappa shape index (κ1) is 26.3. The first-order valence-electron chi connectivity index (χ1n) is 6.21. The fourth-order valence-electron chi connectivity index (χ4n) is 1.06. The SMILES string of the molecule is O=C([O-])CCCCOCCl.O=C([O-])CCCCOCCl.[Hg+2]. The van der Waals surface area contributed by atoms with Crippen molar-refractivity contribution >= 4 is 35.1 Å². The summed E-state index contributed by atoms with van der Waals surface area (Å²) < 4.78 is 9.53. The van der Waals surface area contributed by atoms with Gasteiger partial charge in [-0.05, 0) is 38.5 Å². The molecule has 0 saturated heterocycles. The van der Waals surface area contributed by atoms with Gasteiger partial charge in [-0.3, -0.25) is 0 Å². The van der Waals surface area contributed by atoms with Crippen molar-refractivity contribution in [1.82, 2.24) is 0 Å². The van der Waals surface area contributed by atoms with Crippen molar-refractivity contribution in [3.63, 3.8) is 0 Å². The van der Waals surface area contributed by atoms with E-state index in [0.717, 1.165) is 12.8 Å². The van der Waals surface area contributed by atoms with E-state index in [2.05, 4.69) is 0 Å². The average molecular weight is 532 g/mol. The molecule has 0 atom stereocenters. The minimum atomic E-state index is -1.01. The minimum Gasteiger partial charge on any atom is -0.550 e. The Morgan fingerprint density at radius 3 is 1.33 bits per heavy atom. The van der Waals surface area contributed by atoms with Gasteiger partial charge in [0.25, 0.3) is 0 Å². The second-order valence-corrected chi connectivity index (χ2v) is 4.13. The molecule has 0 heterocycles. The molecule has 21 heavy (non-hydrogen) atoms. The zero-order chi connectivity index (χ0) is 15.6. The first-order valence-corrected chi connectivity index (χ1v) is 7.28. The summed E-state index contributed by atoms with van der Waals surface area (Å²) in [6, 6.07) is 0.344. The number of halogens is 2. The van der Waals surface area contributed by atoms with Crippen LogP contribution in [0.4, 0.5) is 0 Å². The third kappa shape index (κ3) is 33.3. The molecule has 0 aliphatic rings. The molecule has 0 unspecified atom stereocenters. The van der Waals surface area contributed by atoms with E-state index in [1.807, 2.05) is 0 Å². The summed E-state index contributed by atoms with van der Waals surface area (Å²) >= 11 is 10.4. The first-order chi connectivity index (χ1) is 9.54. The molecule has 0 N–H and O–H groups in total. The van der Waals surface area contributed by atoms with Gasteiger partial charge in [-0.25, -0.2) is 0 Å². The van der Waals surface area contributed by atoms with Crippen LogP contribution < -0.4 is 10.2 Å². The van der Waals surface area contributed by atoms with Crippen molar-refractivity contribution in [3.05, 3.63) is 0 Å². The molecule has 9 heteroatoms. The Kier molecular flexibility index (Phi) is 28.4. The minimum absolute atomic E-state index is 0. The van der Waals surface area contributed by atoms with Gasteiger partial charge in [0.1, 0.15) is 12.1 Å². The van der Waals surface area contributed by atoms with Crippen molar-refractivity contribution in [2.45, 2.75) is 38.5 Å². The van der Waals surface area contributed by atoms with Gasteiger partial charge in [0, 0.05) is 25.2 Å². The number of carboxylic acid groups (broad SMARTS) is 2. The van der Waals surface area contributed by atoms with Gasteiger partial charge >= 0.3 is 27.7 Å². The predicted molar refractivity (Wildman–Crippen MR) is 71.1 cm³/mol. The molecule has 0 radical (unpaired) electrons. The van der Waals surface area contributed by atoms with Gasteiger partial charge in [-0.2, -0.15) is 0 Å². The maximum atomic E-state index is 9.85. The number of unbranched alkanes of at least 4 members (excludes halogenated alkanes) is 2. The van der Waals surface area contributed by atoms with E-state index in [1.165, 1.54) is 0 Å². The molecule has 0 aromatic carbocycles. The Hall–Kier alpha value is 0.375. The number of rotatable bonds is 12. The molecule has 120 valence electrons. The molecule has 0 aliphatic carbocycles. The molecule has 0 rings (SSSR count). The number of ether oxygens (including phenoxy) is 2. The van der Waals surface area contributed by atoms with E-state index in [9.17, 15) is 19.8 Å². The molecule has 0 amide bonds. The maximum Gasteiger partial charge on any atom is 2.00 e. The Morgan fingerprint density at radius 1 is 0.762 bits per heavy atom. The van der Waals surface area contributed by atoms with Crippen LogP contribution >= 0.6 is 23.2 Å². The van der Waals surface area contributed by atoms with Crippen molar-refractivity contribution < 1.29 is 56.9 Å². The second-order valence-electron chi connectivity index (χ2n) is 3.69. The molecule has 6 nitrogen and oxygen atoms in total. The Balaban J connectivity index is -0.000000295. The molecule has 0 fully saturated rings. The Labute approximate surface area is 155 Å². The standard InChI is InChI=1S/2C6H11ClO3.Hg/c2*7-5-10-4-2-1-3-6(8)9;/h2*1-5H2,(H,8,9);/q;;+2/p-2. The number of carbonyl (C=O) groups excluding carboxylic acids is 2. The van der Waals surface area contributed by atoms with Crippen molar-refractivity contribution in [1.29, 1.82) is 0 Å². The summed E-state index contributed by atoms with van der Waals surface area (Å²) in [6.07, 6.45) is 2.84. The van der Waals surface area contributed by atoms with Gasteiger partial charge in [0.2, 0.25) is 0 Å². The monoisotopic (exact) mass is 532 g/mol. The third-order valence-corrected chi connectivity index (χ3v) is 2.30. The molecule has 0 bridgehead atoms. The summed E-state index contributed by atoms with van der Waals surface area (Å²) in [6.45, 7) is 1.05. The van der Waals surface area contributed by atoms with E-state index in [1.54, 1.807) is 0 Å². The molecular weight excluding hydrogens is 512 g/mol. The van der Waals surface area contributed by atoms with E-state index in [4.69, 9.17) is 32.7 Å². The van der Waals surface area contributed by atoms with Gasteiger partial charge < -0.3 is 29.3 Å². The molecule has 0 saturated carbocycles. The summed E-state index contributed by atoms with van der Waals surface area (Å²) in [5, 5.41) is 19.7. The zero-order valence-corrected chi connectivity index (χ0v) is 19.0. The topological polar surface area (TPSA) is 98.7 Å². The van der Waals surface area contributed by atoms with Crippen LogP contribution in [0.3, 0.4) is 0 Å². The van der Waals surface area contributed by atoms with Crippen LogP contribution in [0.15, 0.2) is 0 Å². The number of aliphatic carboxylic acids is 2. The molecule has 0 spiro atoms. The number of carboxylic acids is 2. The smallest absolute Gasteiger partial charge is 0.550 e. The normalized spacial score (nSPS) is 9.24. The predicted octanol–water partition coefficient (Wildman–Crippen LogP) is 0.236. The number of hydrogen-bond donors (Lipinski definition) is 0.